The molecular formula is C10H18ClNO. The van der Waals surface area contributed by atoms with Gasteiger partial charge in [0.25, 0.3) is 0 Å². The highest BCUT2D eigenvalue weighted by molar-refractivity contribution is 6.18. The van der Waals surface area contributed by atoms with E-state index in [0.29, 0.717) is 17.7 Å². The monoisotopic (exact) mass is 203 g/mol. The molecule has 1 atom stereocenters. The Bertz CT molecular complexity index is 172. The van der Waals surface area contributed by atoms with E-state index in [1.165, 1.54) is 6.42 Å². The molecular weight excluding hydrogens is 186 g/mol. The number of alkyl halides is 1. The molecule has 1 fully saturated rings. The number of rotatable bonds is 3. The number of nitrogens with zero attached hydrogens (tertiary/aromatic N) is 1. The average molecular weight is 204 g/mol. The summed E-state index contributed by atoms with van der Waals surface area (Å²) in [5, 5.41) is 0. The third kappa shape index (κ3) is 3.55. The van der Waals surface area contributed by atoms with Crippen molar-refractivity contribution in [1.82, 2.24) is 4.90 Å². The first kappa shape index (κ1) is 10.8. The van der Waals surface area contributed by atoms with E-state index >= 15 is 0 Å². The molecule has 1 amide bonds. The second-order valence-electron chi connectivity index (χ2n) is 3.91. The molecule has 2 nitrogen and oxygen atoms in total. The maximum absolute atomic E-state index is 11.5. The van der Waals surface area contributed by atoms with Crippen LogP contribution in [0.5, 0.6) is 0 Å². The minimum Gasteiger partial charge on any atom is -0.342 e. The molecule has 0 spiro atoms. The van der Waals surface area contributed by atoms with E-state index in [9.17, 15) is 4.79 Å². The van der Waals surface area contributed by atoms with Crippen LogP contribution >= 0.6 is 11.6 Å². The van der Waals surface area contributed by atoms with Crippen molar-refractivity contribution in [2.24, 2.45) is 5.92 Å². The number of likely N-dealkylation sites (tertiary alicyclic amines) is 1. The summed E-state index contributed by atoms with van der Waals surface area (Å²) in [5.41, 5.74) is 0. The van der Waals surface area contributed by atoms with Gasteiger partial charge in [0.1, 0.15) is 0 Å². The predicted octanol–water partition coefficient (Wildman–Crippen LogP) is 2.26. The van der Waals surface area contributed by atoms with Gasteiger partial charge in [0.05, 0.1) is 0 Å². The van der Waals surface area contributed by atoms with E-state index in [1.807, 2.05) is 4.90 Å². The fourth-order valence-electron chi connectivity index (χ4n) is 1.66. The molecule has 1 aliphatic rings. The van der Waals surface area contributed by atoms with E-state index in [-0.39, 0.29) is 0 Å². The molecule has 1 unspecified atom stereocenters. The average Bonchev–Trinajstić information content (AvgIpc) is 2.32. The van der Waals surface area contributed by atoms with E-state index in [0.717, 1.165) is 32.4 Å². The standard InChI is InChI=1S/C10H18ClNO/c1-9(7-11)8-12-6-4-2-3-5-10(12)13/h9H,2-8H2,1H3. The molecule has 0 aromatic rings. The van der Waals surface area contributed by atoms with E-state index in [2.05, 4.69) is 6.92 Å². The summed E-state index contributed by atoms with van der Waals surface area (Å²) in [6.07, 6.45) is 4.14. The number of amides is 1. The molecule has 0 aromatic heterocycles. The molecule has 3 heteroatoms. The number of hydrogen-bond donors (Lipinski definition) is 0. The molecule has 0 N–H and O–H groups in total. The van der Waals surface area contributed by atoms with Crippen molar-refractivity contribution in [3.63, 3.8) is 0 Å². The van der Waals surface area contributed by atoms with Crippen molar-refractivity contribution in [2.75, 3.05) is 19.0 Å². The first-order valence-corrected chi connectivity index (χ1v) is 5.61. The topological polar surface area (TPSA) is 20.3 Å². The van der Waals surface area contributed by atoms with Crippen molar-refractivity contribution < 1.29 is 4.79 Å². The smallest absolute Gasteiger partial charge is 0.222 e. The van der Waals surface area contributed by atoms with Gasteiger partial charge in [-0.2, -0.15) is 0 Å². The molecule has 0 bridgehead atoms. The SMILES string of the molecule is CC(CCl)CN1CCCCCC1=O. The summed E-state index contributed by atoms with van der Waals surface area (Å²) in [5.74, 6) is 1.38. The summed E-state index contributed by atoms with van der Waals surface area (Å²) < 4.78 is 0. The molecule has 1 saturated heterocycles. The minimum absolute atomic E-state index is 0.314. The lowest BCUT2D eigenvalue weighted by atomic mass is 10.2. The Labute approximate surface area is 85.2 Å². The van der Waals surface area contributed by atoms with Gasteiger partial charge in [-0.1, -0.05) is 13.3 Å². The first-order chi connectivity index (χ1) is 6.24. The van der Waals surface area contributed by atoms with Crippen LogP contribution in [0.1, 0.15) is 32.6 Å². The van der Waals surface area contributed by atoms with E-state index in [4.69, 9.17) is 11.6 Å². The zero-order valence-electron chi connectivity index (χ0n) is 8.26. The van der Waals surface area contributed by atoms with Gasteiger partial charge in [-0.3, -0.25) is 4.79 Å². The Kier molecular flexibility index (Phi) is 4.57. The molecule has 1 rings (SSSR count). The number of carbonyl (C=O) groups excluding carboxylic acids is 1. The van der Waals surface area contributed by atoms with Crippen LogP contribution in [0.2, 0.25) is 0 Å². The van der Waals surface area contributed by atoms with Crippen molar-refractivity contribution in [1.29, 1.82) is 0 Å². The normalized spacial score (nSPS) is 21.4. The highest BCUT2D eigenvalue weighted by Crippen LogP contribution is 2.13. The lowest BCUT2D eigenvalue weighted by molar-refractivity contribution is -0.131. The van der Waals surface area contributed by atoms with Crippen molar-refractivity contribution in [3.05, 3.63) is 0 Å². The second-order valence-corrected chi connectivity index (χ2v) is 4.22. The van der Waals surface area contributed by atoms with Gasteiger partial charge in [-0.25, -0.2) is 0 Å². The van der Waals surface area contributed by atoms with Crippen LogP contribution in [0.15, 0.2) is 0 Å². The Morgan fingerprint density at radius 3 is 2.92 bits per heavy atom. The maximum atomic E-state index is 11.5. The number of hydrogen-bond acceptors (Lipinski definition) is 1. The highest BCUT2D eigenvalue weighted by Gasteiger charge is 2.17. The summed E-state index contributed by atoms with van der Waals surface area (Å²) in [6, 6.07) is 0. The van der Waals surface area contributed by atoms with Crippen molar-refractivity contribution in [3.8, 4) is 0 Å². The third-order valence-corrected chi connectivity index (χ3v) is 2.99. The Balaban J connectivity index is 2.40. The predicted molar refractivity (Wildman–Crippen MR) is 54.9 cm³/mol. The van der Waals surface area contributed by atoms with Gasteiger partial charge < -0.3 is 4.90 Å². The van der Waals surface area contributed by atoms with Gasteiger partial charge in [0.2, 0.25) is 5.91 Å². The zero-order valence-corrected chi connectivity index (χ0v) is 9.02. The quantitative estimate of drug-likeness (QED) is 0.645. The third-order valence-electron chi connectivity index (χ3n) is 2.47. The molecule has 76 valence electrons. The lowest BCUT2D eigenvalue weighted by Crippen LogP contribution is -2.34. The first-order valence-electron chi connectivity index (χ1n) is 5.07. The van der Waals surface area contributed by atoms with Crippen molar-refractivity contribution >= 4 is 17.5 Å². The lowest BCUT2D eigenvalue weighted by Gasteiger charge is -2.23. The summed E-state index contributed by atoms with van der Waals surface area (Å²) in [7, 11) is 0. The Hall–Kier alpha value is -0.240. The maximum Gasteiger partial charge on any atom is 0.222 e. The highest BCUT2D eigenvalue weighted by atomic mass is 35.5. The van der Waals surface area contributed by atoms with E-state index < -0.39 is 0 Å². The number of halogens is 1. The van der Waals surface area contributed by atoms with E-state index in [1.54, 1.807) is 0 Å². The van der Waals surface area contributed by atoms with Crippen molar-refractivity contribution in [2.45, 2.75) is 32.6 Å². The van der Waals surface area contributed by atoms with Gasteiger partial charge in [0, 0.05) is 25.4 Å². The largest absolute Gasteiger partial charge is 0.342 e. The van der Waals surface area contributed by atoms with Crippen LogP contribution < -0.4 is 0 Å². The molecule has 0 saturated carbocycles. The fraction of sp³-hybridized carbons (Fsp3) is 0.900. The van der Waals surface area contributed by atoms with Gasteiger partial charge >= 0.3 is 0 Å². The number of carbonyl (C=O) groups is 1. The summed E-state index contributed by atoms with van der Waals surface area (Å²) >= 11 is 5.72. The van der Waals surface area contributed by atoms with Crippen LogP contribution in [0.25, 0.3) is 0 Å². The van der Waals surface area contributed by atoms with Crippen LogP contribution in [0.3, 0.4) is 0 Å². The van der Waals surface area contributed by atoms with Crippen LogP contribution in [-0.2, 0) is 4.79 Å². The Morgan fingerprint density at radius 1 is 1.46 bits per heavy atom. The summed E-state index contributed by atoms with van der Waals surface area (Å²) in [6.45, 7) is 3.85. The molecule has 0 aromatic carbocycles. The minimum atomic E-state index is 0.314. The zero-order chi connectivity index (χ0) is 9.68. The van der Waals surface area contributed by atoms with Gasteiger partial charge in [-0.15, -0.1) is 11.6 Å². The molecule has 0 aliphatic carbocycles. The molecule has 1 heterocycles. The molecule has 1 aliphatic heterocycles. The van der Waals surface area contributed by atoms with Crippen LogP contribution in [0.4, 0.5) is 0 Å². The second kappa shape index (κ2) is 5.48. The van der Waals surface area contributed by atoms with Crippen LogP contribution in [0, 0.1) is 5.92 Å². The molecule has 13 heavy (non-hydrogen) atoms. The summed E-state index contributed by atoms with van der Waals surface area (Å²) in [4.78, 5) is 13.5. The fourth-order valence-corrected chi connectivity index (χ4v) is 1.75. The molecule has 0 radical (unpaired) electrons. The van der Waals surface area contributed by atoms with Gasteiger partial charge in [-0.05, 0) is 18.8 Å². The van der Waals surface area contributed by atoms with Gasteiger partial charge in [0.15, 0.2) is 0 Å². The van der Waals surface area contributed by atoms with Crippen LogP contribution in [-0.4, -0.2) is 29.8 Å². The Morgan fingerprint density at radius 2 is 2.23 bits per heavy atom.